The zero-order valence-corrected chi connectivity index (χ0v) is 15.6. The highest BCUT2D eigenvalue weighted by molar-refractivity contribution is 7.22. The molecule has 0 unspecified atom stereocenters. The lowest BCUT2D eigenvalue weighted by Crippen LogP contribution is -2.40. The average molecular weight is 376 g/mol. The Morgan fingerprint density at radius 3 is 2.77 bits per heavy atom. The van der Waals surface area contributed by atoms with Gasteiger partial charge in [-0.25, -0.2) is 19.0 Å². The molecule has 1 amide bonds. The first-order chi connectivity index (χ1) is 12.6. The van der Waals surface area contributed by atoms with Crippen LogP contribution in [0.2, 0.25) is 0 Å². The molecule has 0 aliphatic rings. The van der Waals surface area contributed by atoms with Gasteiger partial charge in [0.05, 0.1) is 10.2 Å². The van der Waals surface area contributed by atoms with Crippen LogP contribution in [0.4, 0.5) is 9.52 Å². The van der Waals surface area contributed by atoms with Crippen molar-refractivity contribution in [3.05, 3.63) is 36.7 Å². The van der Waals surface area contributed by atoms with Gasteiger partial charge in [-0.3, -0.25) is 9.69 Å². The third kappa shape index (κ3) is 4.23. The maximum atomic E-state index is 13.5. The van der Waals surface area contributed by atoms with Crippen molar-refractivity contribution in [2.45, 2.75) is 20.4 Å². The maximum Gasteiger partial charge on any atom is 0.250 e. The number of benzene rings is 1. The molecule has 7 nitrogen and oxygen atoms in total. The van der Waals surface area contributed by atoms with Crippen molar-refractivity contribution >= 4 is 32.6 Å². The minimum atomic E-state index is -0.309. The maximum absolute atomic E-state index is 13.5. The third-order valence-corrected chi connectivity index (χ3v) is 5.21. The van der Waals surface area contributed by atoms with Gasteiger partial charge in [0.1, 0.15) is 25.0 Å². The minimum absolute atomic E-state index is 0.0858. The van der Waals surface area contributed by atoms with Crippen LogP contribution in [0.3, 0.4) is 0 Å². The summed E-state index contributed by atoms with van der Waals surface area (Å²) in [5, 5.41) is 4.57. The van der Waals surface area contributed by atoms with Gasteiger partial charge in [-0.05, 0) is 31.3 Å². The van der Waals surface area contributed by atoms with Crippen LogP contribution in [0.1, 0.15) is 13.8 Å². The third-order valence-electron chi connectivity index (χ3n) is 4.17. The van der Waals surface area contributed by atoms with Gasteiger partial charge >= 0.3 is 0 Å². The molecule has 3 rings (SSSR count). The fraction of sp³-hybridized carbons (Fsp3) is 0.412. The summed E-state index contributed by atoms with van der Waals surface area (Å²) in [5.74, 6) is -0.432. The van der Waals surface area contributed by atoms with Crippen LogP contribution in [0.5, 0.6) is 0 Å². The van der Waals surface area contributed by atoms with Gasteiger partial charge in [0.25, 0.3) is 5.91 Å². The second-order valence-corrected chi connectivity index (χ2v) is 6.78. The predicted molar refractivity (Wildman–Crippen MR) is 99.7 cm³/mol. The van der Waals surface area contributed by atoms with Crippen LogP contribution in [-0.4, -0.2) is 56.7 Å². The molecule has 0 saturated carbocycles. The fourth-order valence-corrected chi connectivity index (χ4v) is 3.68. The van der Waals surface area contributed by atoms with Gasteiger partial charge in [0.2, 0.25) is 0 Å². The number of amides is 1. The molecule has 0 atom stereocenters. The highest BCUT2D eigenvalue weighted by Gasteiger charge is 2.21. The zero-order chi connectivity index (χ0) is 18.5. The summed E-state index contributed by atoms with van der Waals surface area (Å²) in [6, 6.07) is 4.46. The fourth-order valence-electron chi connectivity index (χ4n) is 2.65. The molecular weight excluding hydrogens is 355 g/mol. The Bertz CT molecular complexity index is 861. The van der Waals surface area contributed by atoms with Crippen LogP contribution in [0.25, 0.3) is 10.2 Å². The van der Waals surface area contributed by atoms with E-state index in [-0.39, 0.29) is 18.3 Å². The summed E-state index contributed by atoms with van der Waals surface area (Å²) >= 11 is 1.32. The molecule has 2 aromatic heterocycles. The smallest absolute Gasteiger partial charge is 0.250 e. The number of thiazole rings is 1. The quantitative estimate of drug-likeness (QED) is 0.604. The van der Waals surface area contributed by atoms with Gasteiger partial charge in [-0.15, -0.1) is 0 Å². The van der Waals surface area contributed by atoms with Crippen molar-refractivity contribution in [1.82, 2.24) is 24.6 Å². The van der Waals surface area contributed by atoms with E-state index in [1.54, 1.807) is 11.0 Å². The lowest BCUT2D eigenvalue weighted by molar-refractivity contribution is -0.119. The van der Waals surface area contributed by atoms with E-state index < -0.39 is 0 Å². The summed E-state index contributed by atoms with van der Waals surface area (Å²) in [5.41, 5.74) is 0.688. The molecule has 0 bridgehead atoms. The minimum Gasteiger partial charge on any atom is -0.302 e. The lowest BCUT2D eigenvalue weighted by atomic mass is 10.3. The van der Waals surface area contributed by atoms with Crippen molar-refractivity contribution in [3.63, 3.8) is 0 Å². The van der Waals surface area contributed by atoms with Crippen molar-refractivity contribution < 1.29 is 9.18 Å². The summed E-state index contributed by atoms with van der Waals surface area (Å²) < 4.78 is 15.7. The van der Waals surface area contributed by atoms with E-state index in [2.05, 4.69) is 33.8 Å². The van der Waals surface area contributed by atoms with E-state index in [0.29, 0.717) is 17.2 Å². The average Bonchev–Trinajstić information content (AvgIpc) is 3.27. The van der Waals surface area contributed by atoms with Gasteiger partial charge in [0, 0.05) is 13.1 Å². The number of fused-ring (bicyclic) bond motifs is 1. The van der Waals surface area contributed by atoms with E-state index in [1.165, 1.54) is 40.8 Å². The Morgan fingerprint density at radius 2 is 2.08 bits per heavy atom. The van der Waals surface area contributed by atoms with Gasteiger partial charge in [-0.2, -0.15) is 5.10 Å². The lowest BCUT2D eigenvalue weighted by Gasteiger charge is -2.24. The van der Waals surface area contributed by atoms with E-state index in [9.17, 15) is 9.18 Å². The topological polar surface area (TPSA) is 67.2 Å². The number of halogens is 1. The molecule has 26 heavy (non-hydrogen) atoms. The summed E-state index contributed by atoms with van der Waals surface area (Å²) in [4.78, 5) is 25.1. The Labute approximate surface area is 155 Å². The first-order valence-corrected chi connectivity index (χ1v) is 9.33. The normalized spacial score (nSPS) is 11.4. The number of aromatic nitrogens is 4. The van der Waals surface area contributed by atoms with Crippen LogP contribution >= 0.6 is 11.3 Å². The number of anilines is 1. The molecule has 0 radical (unpaired) electrons. The molecular formula is C17H21FN6OS. The summed E-state index contributed by atoms with van der Waals surface area (Å²) in [6.07, 6.45) is 2.90. The van der Waals surface area contributed by atoms with Crippen molar-refractivity contribution in [1.29, 1.82) is 0 Å². The molecule has 3 aromatic rings. The first kappa shape index (κ1) is 18.4. The number of rotatable bonds is 8. The van der Waals surface area contributed by atoms with E-state index in [4.69, 9.17) is 0 Å². The zero-order valence-electron chi connectivity index (χ0n) is 14.8. The Hall–Kier alpha value is -2.39. The number of carbonyl (C=O) groups is 1. The molecule has 0 spiro atoms. The molecule has 0 saturated heterocycles. The molecule has 1 aromatic carbocycles. The van der Waals surface area contributed by atoms with Gasteiger partial charge in [-0.1, -0.05) is 25.2 Å². The highest BCUT2D eigenvalue weighted by Crippen LogP contribution is 2.29. The Kier molecular flexibility index (Phi) is 5.89. The molecule has 0 N–H and O–H groups in total. The monoisotopic (exact) mass is 376 g/mol. The number of carbonyl (C=O) groups excluding carboxylic acids is 1. The second kappa shape index (κ2) is 8.33. The molecule has 0 aliphatic carbocycles. The molecule has 0 aliphatic heterocycles. The summed E-state index contributed by atoms with van der Waals surface area (Å²) in [6.45, 7) is 7.33. The number of likely N-dealkylation sites (N-methyl/N-ethyl adjacent to an activating group) is 1. The largest absolute Gasteiger partial charge is 0.302 e. The second-order valence-electron chi connectivity index (χ2n) is 5.77. The van der Waals surface area contributed by atoms with E-state index in [0.717, 1.165) is 24.3 Å². The highest BCUT2D eigenvalue weighted by atomic mass is 32.1. The van der Waals surface area contributed by atoms with Gasteiger partial charge < -0.3 is 4.90 Å². The van der Waals surface area contributed by atoms with Crippen molar-refractivity contribution in [3.8, 4) is 0 Å². The van der Waals surface area contributed by atoms with Crippen LogP contribution in [0, 0.1) is 5.82 Å². The number of hydrogen-bond acceptors (Lipinski definition) is 6. The Balaban J connectivity index is 1.85. The van der Waals surface area contributed by atoms with Crippen molar-refractivity contribution in [2.24, 2.45) is 0 Å². The number of nitrogens with zero attached hydrogens (tertiary/aromatic N) is 6. The van der Waals surface area contributed by atoms with Crippen molar-refractivity contribution in [2.75, 3.05) is 31.1 Å². The standard InChI is InChI=1S/C17H21FN6OS/c1-3-22(4-2)7-8-24(16(25)10-23-12-19-11-20-23)17-21-14-6-5-13(18)9-15(14)26-17/h5-6,9,11-12H,3-4,7-8,10H2,1-2H3. The van der Waals surface area contributed by atoms with Crippen LogP contribution in [0.15, 0.2) is 30.9 Å². The first-order valence-electron chi connectivity index (χ1n) is 8.52. The molecule has 0 fully saturated rings. The van der Waals surface area contributed by atoms with Crippen LogP contribution < -0.4 is 4.90 Å². The SMILES string of the molecule is CCN(CC)CCN(C(=O)Cn1cncn1)c1nc2ccc(F)cc2s1. The van der Waals surface area contributed by atoms with E-state index in [1.807, 2.05) is 0 Å². The van der Waals surface area contributed by atoms with Crippen LogP contribution in [-0.2, 0) is 11.3 Å². The molecule has 138 valence electrons. The summed E-state index contributed by atoms with van der Waals surface area (Å²) in [7, 11) is 0. The molecule has 9 heteroatoms. The molecule has 2 heterocycles. The Morgan fingerprint density at radius 1 is 1.27 bits per heavy atom. The predicted octanol–water partition coefficient (Wildman–Crippen LogP) is 2.40. The number of hydrogen-bond donors (Lipinski definition) is 0. The van der Waals surface area contributed by atoms with E-state index >= 15 is 0 Å². The van der Waals surface area contributed by atoms with Gasteiger partial charge in [0.15, 0.2) is 5.13 Å².